The van der Waals surface area contributed by atoms with Crippen LogP contribution < -0.4 is 5.32 Å². The van der Waals surface area contributed by atoms with Gasteiger partial charge in [-0.3, -0.25) is 0 Å². The highest BCUT2D eigenvalue weighted by Crippen LogP contribution is 2.21. The van der Waals surface area contributed by atoms with E-state index < -0.39 is 12.0 Å². The second kappa shape index (κ2) is 5.14. The Bertz CT molecular complexity index is 373. The van der Waals surface area contributed by atoms with Crippen LogP contribution in [0.1, 0.15) is 6.92 Å². The Hall–Kier alpha value is -1.07. The maximum atomic E-state index is 11.1. The molecule has 1 aromatic heterocycles. The van der Waals surface area contributed by atoms with E-state index >= 15 is 0 Å². The zero-order chi connectivity index (χ0) is 11.4. The molecule has 0 aliphatic heterocycles. The number of hydrogen-bond acceptors (Lipinski definition) is 5. The van der Waals surface area contributed by atoms with Gasteiger partial charge < -0.3 is 10.1 Å². The van der Waals surface area contributed by atoms with Gasteiger partial charge >= 0.3 is 5.97 Å². The van der Waals surface area contributed by atoms with E-state index in [1.807, 2.05) is 0 Å². The van der Waals surface area contributed by atoms with Crippen LogP contribution >= 0.6 is 23.2 Å². The van der Waals surface area contributed by atoms with Gasteiger partial charge in [-0.25, -0.2) is 4.79 Å². The first kappa shape index (κ1) is 12.0. The third-order valence-electron chi connectivity index (χ3n) is 1.65. The molecular formula is C8H9Cl2N3O2. The van der Waals surface area contributed by atoms with E-state index in [-0.39, 0.29) is 10.3 Å². The molecule has 1 heterocycles. The number of anilines is 1. The van der Waals surface area contributed by atoms with Crippen molar-refractivity contribution in [1.82, 2.24) is 10.2 Å². The lowest BCUT2D eigenvalue weighted by Crippen LogP contribution is -2.27. The van der Waals surface area contributed by atoms with Crippen molar-refractivity contribution in [2.45, 2.75) is 13.0 Å². The average molecular weight is 250 g/mol. The molecule has 0 aromatic carbocycles. The molecule has 0 aliphatic rings. The number of aromatic nitrogens is 2. The van der Waals surface area contributed by atoms with E-state index in [4.69, 9.17) is 23.2 Å². The number of nitrogens with zero attached hydrogens (tertiary/aromatic N) is 2. The van der Waals surface area contributed by atoms with Gasteiger partial charge in [0.2, 0.25) is 0 Å². The maximum Gasteiger partial charge on any atom is 0.327 e. The summed E-state index contributed by atoms with van der Waals surface area (Å²) >= 11 is 11.4. The quantitative estimate of drug-likeness (QED) is 0.828. The third kappa shape index (κ3) is 3.21. The van der Waals surface area contributed by atoms with Crippen LogP contribution in [0.3, 0.4) is 0 Å². The van der Waals surface area contributed by atoms with Gasteiger partial charge in [0.05, 0.1) is 12.8 Å². The molecule has 0 bridgehead atoms. The van der Waals surface area contributed by atoms with Crippen molar-refractivity contribution >= 4 is 34.9 Å². The molecule has 0 spiro atoms. The smallest absolute Gasteiger partial charge is 0.327 e. The summed E-state index contributed by atoms with van der Waals surface area (Å²) in [6, 6.07) is 0.948. The third-order valence-corrected chi connectivity index (χ3v) is 2.11. The SMILES string of the molecule is COC(=O)C(C)Nc1cc(Cl)nnc1Cl. The van der Waals surface area contributed by atoms with Gasteiger partial charge in [0.1, 0.15) is 6.04 Å². The Kier molecular flexibility index (Phi) is 4.11. The normalized spacial score (nSPS) is 12.0. The summed E-state index contributed by atoms with van der Waals surface area (Å²) in [6.07, 6.45) is 0. The Morgan fingerprint density at radius 3 is 2.80 bits per heavy atom. The van der Waals surface area contributed by atoms with Gasteiger partial charge in [0, 0.05) is 6.07 Å². The first-order valence-electron chi connectivity index (χ1n) is 4.07. The first-order valence-corrected chi connectivity index (χ1v) is 4.83. The molecule has 7 heteroatoms. The van der Waals surface area contributed by atoms with Crippen LogP contribution in [0.2, 0.25) is 10.3 Å². The molecule has 1 atom stereocenters. The van der Waals surface area contributed by atoms with Crippen molar-refractivity contribution in [3.8, 4) is 0 Å². The van der Waals surface area contributed by atoms with Crippen molar-refractivity contribution < 1.29 is 9.53 Å². The molecule has 5 nitrogen and oxygen atoms in total. The Labute approximate surface area is 96.7 Å². The minimum Gasteiger partial charge on any atom is -0.467 e. The molecule has 0 amide bonds. The standard InChI is InChI=1S/C8H9Cl2N3O2/c1-4(8(14)15-2)11-5-3-6(9)12-13-7(5)10/h3-4H,1-2H3,(H,11,12). The van der Waals surface area contributed by atoms with Crippen LogP contribution in [0.4, 0.5) is 5.69 Å². The van der Waals surface area contributed by atoms with Gasteiger partial charge in [-0.2, -0.15) is 0 Å². The monoisotopic (exact) mass is 249 g/mol. The Morgan fingerprint density at radius 2 is 2.20 bits per heavy atom. The van der Waals surface area contributed by atoms with Crippen LogP contribution in [0.5, 0.6) is 0 Å². The molecule has 1 aromatic rings. The fourth-order valence-corrected chi connectivity index (χ4v) is 1.22. The highest BCUT2D eigenvalue weighted by Gasteiger charge is 2.14. The highest BCUT2D eigenvalue weighted by atomic mass is 35.5. The van der Waals surface area contributed by atoms with E-state index in [2.05, 4.69) is 20.3 Å². The number of halogens is 2. The topological polar surface area (TPSA) is 64.1 Å². The molecule has 15 heavy (non-hydrogen) atoms. The van der Waals surface area contributed by atoms with Crippen molar-refractivity contribution in [1.29, 1.82) is 0 Å². The van der Waals surface area contributed by atoms with E-state index in [9.17, 15) is 4.79 Å². The molecule has 1 N–H and O–H groups in total. The van der Waals surface area contributed by atoms with Crippen molar-refractivity contribution in [2.75, 3.05) is 12.4 Å². The maximum absolute atomic E-state index is 11.1. The number of nitrogens with one attached hydrogen (secondary N) is 1. The lowest BCUT2D eigenvalue weighted by molar-refractivity contribution is -0.141. The zero-order valence-corrected chi connectivity index (χ0v) is 9.63. The number of methoxy groups -OCH3 is 1. The average Bonchev–Trinajstić information content (AvgIpc) is 2.22. The molecule has 1 unspecified atom stereocenters. The second-order valence-electron chi connectivity index (χ2n) is 2.76. The number of ether oxygens (including phenoxy) is 1. The molecule has 82 valence electrons. The fraction of sp³-hybridized carbons (Fsp3) is 0.375. The van der Waals surface area contributed by atoms with Crippen LogP contribution in [-0.2, 0) is 9.53 Å². The van der Waals surface area contributed by atoms with E-state index in [1.54, 1.807) is 6.92 Å². The van der Waals surface area contributed by atoms with Crippen LogP contribution in [0, 0.1) is 0 Å². The number of rotatable bonds is 3. The van der Waals surface area contributed by atoms with Crippen LogP contribution in [0.25, 0.3) is 0 Å². The van der Waals surface area contributed by atoms with Gasteiger partial charge in [0.15, 0.2) is 10.3 Å². The molecule has 0 aliphatic carbocycles. The zero-order valence-electron chi connectivity index (χ0n) is 8.12. The summed E-state index contributed by atoms with van der Waals surface area (Å²) in [5, 5.41) is 10.3. The highest BCUT2D eigenvalue weighted by molar-refractivity contribution is 6.33. The van der Waals surface area contributed by atoms with E-state index in [0.717, 1.165) is 0 Å². The summed E-state index contributed by atoms with van der Waals surface area (Å²) in [5.41, 5.74) is 0.439. The van der Waals surface area contributed by atoms with Crippen LogP contribution in [-0.4, -0.2) is 29.3 Å². The number of carbonyl (C=O) groups excluding carboxylic acids is 1. The Balaban J connectivity index is 2.80. The van der Waals surface area contributed by atoms with Gasteiger partial charge in [-0.05, 0) is 6.92 Å². The molecule has 0 fully saturated rings. The lowest BCUT2D eigenvalue weighted by Gasteiger charge is -2.13. The summed E-state index contributed by atoms with van der Waals surface area (Å²) in [5.74, 6) is -0.404. The van der Waals surface area contributed by atoms with Gasteiger partial charge in [-0.15, -0.1) is 10.2 Å². The number of esters is 1. The predicted octanol–water partition coefficient (Wildman–Crippen LogP) is 1.76. The Morgan fingerprint density at radius 1 is 1.53 bits per heavy atom. The molecule has 0 saturated carbocycles. The second-order valence-corrected chi connectivity index (χ2v) is 3.51. The van der Waals surface area contributed by atoms with E-state index in [1.165, 1.54) is 13.2 Å². The predicted molar refractivity (Wildman–Crippen MR) is 57.2 cm³/mol. The summed E-state index contributed by atoms with van der Waals surface area (Å²) in [6.45, 7) is 1.64. The number of hydrogen-bond donors (Lipinski definition) is 1. The summed E-state index contributed by atoms with van der Waals surface area (Å²) in [4.78, 5) is 11.1. The van der Waals surface area contributed by atoms with Gasteiger partial charge in [-0.1, -0.05) is 23.2 Å². The van der Waals surface area contributed by atoms with Crippen molar-refractivity contribution in [3.63, 3.8) is 0 Å². The molecular weight excluding hydrogens is 241 g/mol. The van der Waals surface area contributed by atoms with Gasteiger partial charge in [0.25, 0.3) is 0 Å². The molecule has 1 rings (SSSR count). The lowest BCUT2D eigenvalue weighted by atomic mass is 10.3. The van der Waals surface area contributed by atoms with E-state index in [0.29, 0.717) is 5.69 Å². The van der Waals surface area contributed by atoms with Crippen LogP contribution in [0.15, 0.2) is 6.07 Å². The minimum absolute atomic E-state index is 0.148. The van der Waals surface area contributed by atoms with Crippen molar-refractivity contribution in [3.05, 3.63) is 16.4 Å². The fourth-order valence-electron chi connectivity index (χ4n) is 0.923. The molecule has 0 radical (unpaired) electrons. The largest absolute Gasteiger partial charge is 0.467 e. The summed E-state index contributed by atoms with van der Waals surface area (Å²) < 4.78 is 4.54. The summed E-state index contributed by atoms with van der Waals surface area (Å²) in [7, 11) is 1.31. The first-order chi connectivity index (χ1) is 7.04. The van der Waals surface area contributed by atoms with Crippen molar-refractivity contribution in [2.24, 2.45) is 0 Å². The molecule has 0 saturated heterocycles. The minimum atomic E-state index is -0.534. The number of carbonyl (C=O) groups is 1.